The maximum Gasteiger partial charge on any atom is 0.335 e. The van der Waals surface area contributed by atoms with Gasteiger partial charge in [0.25, 0.3) is 0 Å². The van der Waals surface area contributed by atoms with Gasteiger partial charge in [0.2, 0.25) is 0 Å². The number of imidazole rings is 1. The Balaban J connectivity index is 2.01. The molecule has 0 spiro atoms. The summed E-state index contributed by atoms with van der Waals surface area (Å²) in [6, 6.07) is 4.70. The Hall–Kier alpha value is -1.82. The van der Waals surface area contributed by atoms with Gasteiger partial charge in [0.1, 0.15) is 11.6 Å². The maximum absolute atomic E-state index is 10.9. The SMILES string of the molecule is Cn1ccnc1CCOc1cc(C(=O)O)ccc1Br. The van der Waals surface area contributed by atoms with Crippen molar-refractivity contribution >= 4 is 21.9 Å². The number of aromatic nitrogens is 2. The number of carbonyl (C=O) groups is 1. The van der Waals surface area contributed by atoms with Crippen molar-refractivity contribution in [3.8, 4) is 5.75 Å². The lowest BCUT2D eigenvalue weighted by molar-refractivity contribution is 0.0696. The normalized spacial score (nSPS) is 10.4. The molecular weight excluding hydrogens is 312 g/mol. The van der Waals surface area contributed by atoms with Crippen LogP contribution in [0.5, 0.6) is 5.75 Å². The molecule has 0 aliphatic heterocycles. The molecule has 0 aliphatic rings. The minimum Gasteiger partial charge on any atom is -0.492 e. The number of aryl methyl sites for hydroxylation is 1. The number of rotatable bonds is 5. The average molecular weight is 325 g/mol. The van der Waals surface area contributed by atoms with Gasteiger partial charge in [-0.2, -0.15) is 0 Å². The van der Waals surface area contributed by atoms with Crippen LogP contribution in [0.4, 0.5) is 0 Å². The first-order chi connectivity index (χ1) is 9.08. The van der Waals surface area contributed by atoms with Crippen LogP contribution in [0.1, 0.15) is 16.2 Å². The molecule has 1 heterocycles. The van der Waals surface area contributed by atoms with E-state index in [4.69, 9.17) is 9.84 Å². The number of ether oxygens (including phenoxy) is 1. The van der Waals surface area contributed by atoms with Crippen LogP contribution in [-0.2, 0) is 13.5 Å². The molecule has 0 aliphatic carbocycles. The summed E-state index contributed by atoms with van der Waals surface area (Å²) >= 11 is 3.33. The van der Waals surface area contributed by atoms with Crippen LogP contribution in [0.2, 0.25) is 0 Å². The Bertz CT molecular complexity index is 595. The largest absolute Gasteiger partial charge is 0.492 e. The molecule has 0 radical (unpaired) electrons. The minimum absolute atomic E-state index is 0.204. The predicted octanol–water partition coefficient (Wildman–Crippen LogP) is 2.50. The molecule has 2 rings (SSSR count). The molecule has 0 amide bonds. The van der Waals surface area contributed by atoms with Gasteiger partial charge >= 0.3 is 5.97 Å². The summed E-state index contributed by atoms with van der Waals surface area (Å²) in [6.07, 6.45) is 4.26. The van der Waals surface area contributed by atoms with Crippen LogP contribution < -0.4 is 4.74 Å². The van der Waals surface area contributed by atoms with Gasteiger partial charge in [-0.25, -0.2) is 9.78 Å². The zero-order valence-corrected chi connectivity index (χ0v) is 11.9. The fraction of sp³-hybridized carbons (Fsp3) is 0.231. The third-order valence-electron chi connectivity index (χ3n) is 2.68. The van der Waals surface area contributed by atoms with Gasteiger partial charge in [-0.3, -0.25) is 0 Å². The molecule has 2 aromatic rings. The fourth-order valence-corrected chi connectivity index (χ4v) is 2.00. The highest BCUT2D eigenvalue weighted by Gasteiger charge is 2.08. The number of carboxylic acid groups (broad SMARTS) is 1. The van der Waals surface area contributed by atoms with E-state index in [-0.39, 0.29) is 5.56 Å². The molecule has 100 valence electrons. The van der Waals surface area contributed by atoms with Crippen molar-refractivity contribution in [2.75, 3.05) is 6.61 Å². The molecule has 1 aromatic heterocycles. The molecule has 0 bridgehead atoms. The minimum atomic E-state index is -0.971. The quantitative estimate of drug-likeness (QED) is 0.917. The number of nitrogens with zero attached hydrogens (tertiary/aromatic N) is 2. The monoisotopic (exact) mass is 324 g/mol. The molecule has 0 fully saturated rings. The van der Waals surface area contributed by atoms with E-state index in [0.29, 0.717) is 18.8 Å². The van der Waals surface area contributed by atoms with Gasteiger partial charge in [-0.1, -0.05) is 0 Å². The van der Waals surface area contributed by atoms with Crippen molar-refractivity contribution < 1.29 is 14.6 Å². The Morgan fingerprint density at radius 3 is 2.95 bits per heavy atom. The third-order valence-corrected chi connectivity index (χ3v) is 3.34. The van der Waals surface area contributed by atoms with E-state index >= 15 is 0 Å². The molecule has 1 N–H and O–H groups in total. The van der Waals surface area contributed by atoms with E-state index in [1.807, 2.05) is 17.8 Å². The second-order valence-electron chi connectivity index (χ2n) is 4.00. The summed E-state index contributed by atoms with van der Waals surface area (Å²) in [5.41, 5.74) is 0.204. The van der Waals surface area contributed by atoms with E-state index in [1.54, 1.807) is 12.3 Å². The maximum atomic E-state index is 10.9. The first-order valence-electron chi connectivity index (χ1n) is 5.70. The highest BCUT2D eigenvalue weighted by molar-refractivity contribution is 9.10. The Morgan fingerprint density at radius 2 is 2.32 bits per heavy atom. The van der Waals surface area contributed by atoms with E-state index in [2.05, 4.69) is 20.9 Å². The van der Waals surface area contributed by atoms with Crippen molar-refractivity contribution in [2.24, 2.45) is 7.05 Å². The summed E-state index contributed by atoms with van der Waals surface area (Å²) in [6.45, 7) is 0.437. The molecule has 0 saturated heterocycles. The first-order valence-corrected chi connectivity index (χ1v) is 6.49. The van der Waals surface area contributed by atoms with E-state index in [1.165, 1.54) is 12.1 Å². The first kappa shape index (κ1) is 13.6. The molecule has 19 heavy (non-hydrogen) atoms. The molecular formula is C13H13BrN2O3. The highest BCUT2D eigenvalue weighted by atomic mass is 79.9. The van der Waals surface area contributed by atoms with Crippen molar-refractivity contribution in [1.29, 1.82) is 0 Å². The molecule has 6 heteroatoms. The van der Waals surface area contributed by atoms with Gasteiger partial charge in [0.05, 0.1) is 16.6 Å². The lowest BCUT2D eigenvalue weighted by Gasteiger charge is -2.09. The topological polar surface area (TPSA) is 64.4 Å². The third kappa shape index (κ3) is 3.35. The Morgan fingerprint density at radius 1 is 1.53 bits per heavy atom. The van der Waals surface area contributed by atoms with Crippen LogP contribution >= 0.6 is 15.9 Å². The summed E-state index contributed by atoms with van der Waals surface area (Å²) < 4.78 is 8.25. The van der Waals surface area contributed by atoms with Crippen molar-refractivity contribution in [1.82, 2.24) is 9.55 Å². The number of benzene rings is 1. The summed E-state index contributed by atoms with van der Waals surface area (Å²) in [7, 11) is 1.92. The van der Waals surface area contributed by atoms with Gasteiger partial charge < -0.3 is 14.4 Å². The van der Waals surface area contributed by atoms with Gasteiger partial charge in [-0.15, -0.1) is 0 Å². The van der Waals surface area contributed by atoms with Crippen molar-refractivity contribution in [3.05, 3.63) is 46.5 Å². The van der Waals surface area contributed by atoms with Crippen LogP contribution in [0.25, 0.3) is 0 Å². The number of carboxylic acids is 1. The lowest BCUT2D eigenvalue weighted by Crippen LogP contribution is -2.07. The number of hydrogen-bond acceptors (Lipinski definition) is 3. The zero-order chi connectivity index (χ0) is 13.8. The van der Waals surface area contributed by atoms with Crippen LogP contribution in [0, 0.1) is 0 Å². The molecule has 0 unspecified atom stereocenters. The summed E-state index contributed by atoms with van der Waals surface area (Å²) in [4.78, 5) is 15.1. The van der Waals surface area contributed by atoms with Crippen LogP contribution in [0.3, 0.4) is 0 Å². The summed E-state index contributed by atoms with van der Waals surface area (Å²) in [5.74, 6) is 0.473. The van der Waals surface area contributed by atoms with E-state index < -0.39 is 5.97 Å². The Labute approximate surface area is 119 Å². The van der Waals surface area contributed by atoms with Gasteiger partial charge in [0.15, 0.2) is 0 Å². The van der Waals surface area contributed by atoms with Gasteiger partial charge in [-0.05, 0) is 34.1 Å². The number of aromatic carboxylic acids is 1. The van der Waals surface area contributed by atoms with Crippen molar-refractivity contribution in [2.45, 2.75) is 6.42 Å². The van der Waals surface area contributed by atoms with Crippen molar-refractivity contribution in [3.63, 3.8) is 0 Å². The molecule has 0 atom stereocenters. The standard InChI is InChI=1S/C13H13BrN2O3/c1-16-6-5-15-12(16)4-7-19-11-8-9(13(17)18)2-3-10(11)14/h2-3,5-6,8H,4,7H2,1H3,(H,17,18). The average Bonchev–Trinajstić information content (AvgIpc) is 2.77. The second kappa shape index (κ2) is 5.88. The van der Waals surface area contributed by atoms with Gasteiger partial charge in [0, 0.05) is 25.9 Å². The fourth-order valence-electron chi connectivity index (χ4n) is 1.64. The number of hydrogen-bond donors (Lipinski definition) is 1. The van der Waals surface area contributed by atoms with Crippen LogP contribution in [-0.4, -0.2) is 27.2 Å². The zero-order valence-electron chi connectivity index (χ0n) is 10.3. The summed E-state index contributed by atoms with van der Waals surface area (Å²) in [5, 5.41) is 8.93. The molecule has 1 aromatic carbocycles. The van der Waals surface area contributed by atoms with E-state index in [0.717, 1.165) is 10.3 Å². The Kier molecular flexibility index (Phi) is 4.21. The highest BCUT2D eigenvalue weighted by Crippen LogP contribution is 2.26. The van der Waals surface area contributed by atoms with E-state index in [9.17, 15) is 4.79 Å². The lowest BCUT2D eigenvalue weighted by atomic mass is 10.2. The van der Waals surface area contributed by atoms with Crippen LogP contribution in [0.15, 0.2) is 35.1 Å². The smallest absolute Gasteiger partial charge is 0.335 e. The predicted molar refractivity (Wildman–Crippen MR) is 73.5 cm³/mol. The second-order valence-corrected chi connectivity index (χ2v) is 4.86. The molecule has 0 saturated carbocycles. The number of halogens is 1. The molecule has 5 nitrogen and oxygen atoms in total.